The number of amides is 1. The number of carboxylic acids is 1. The molecule has 0 saturated carbocycles. The largest absolute Gasteiger partial charge is 0.489 e. The van der Waals surface area contributed by atoms with E-state index in [4.69, 9.17) is 21.4 Å². The number of carboxylic acid groups (broad SMARTS) is 1. The Morgan fingerprint density at radius 3 is 2.54 bits per heavy atom. The van der Waals surface area contributed by atoms with Crippen LogP contribution in [0.4, 0.5) is 0 Å². The topological polar surface area (TPSA) is 75.6 Å². The van der Waals surface area contributed by atoms with E-state index < -0.39 is 11.9 Å². The van der Waals surface area contributed by atoms with Crippen molar-refractivity contribution in [1.29, 1.82) is 0 Å². The average molecular weight is 346 g/mol. The highest BCUT2D eigenvalue weighted by Gasteiger charge is 2.09. The predicted octanol–water partition coefficient (Wildman–Crippen LogP) is 3.48. The zero-order valence-corrected chi connectivity index (χ0v) is 13.7. The first kappa shape index (κ1) is 17.6. The van der Waals surface area contributed by atoms with Gasteiger partial charge in [-0.1, -0.05) is 35.9 Å². The van der Waals surface area contributed by atoms with E-state index in [1.54, 1.807) is 36.4 Å². The van der Waals surface area contributed by atoms with Crippen LogP contribution in [-0.4, -0.2) is 17.0 Å². The van der Waals surface area contributed by atoms with Gasteiger partial charge in [-0.3, -0.25) is 4.79 Å². The van der Waals surface area contributed by atoms with E-state index in [1.807, 2.05) is 12.1 Å². The van der Waals surface area contributed by atoms with Crippen molar-refractivity contribution in [2.45, 2.75) is 13.5 Å². The summed E-state index contributed by atoms with van der Waals surface area (Å²) in [5, 5.41) is 12.0. The Morgan fingerprint density at radius 2 is 1.92 bits per heavy atom. The number of ether oxygens (including phenoxy) is 1. The molecule has 0 aliphatic carbocycles. The fourth-order valence-corrected chi connectivity index (χ4v) is 2.08. The van der Waals surface area contributed by atoms with Gasteiger partial charge in [0.1, 0.15) is 18.1 Å². The van der Waals surface area contributed by atoms with Crippen LogP contribution in [0.15, 0.2) is 54.2 Å². The van der Waals surface area contributed by atoms with Gasteiger partial charge in [0, 0.05) is 11.9 Å². The molecule has 0 aromatic heterocycles. The Kier molecular flexibility index (Phi) is 5.98. The molecule has 0 spiro atoms. The molecule has 0 unspecified atom stereocenters. The summed E-state index contributed by atoms with van der Waals surface area (Å²) >= 11 is 5.83. The number of aliphatic carboxylic acids is 1. The Bertz CT molecular complexity index is 769. The number of carbonyl (C=O) groups is 2. The highest BCUT2D eigenvalue weighted by Crippen LogP contribution is 2.18. The number of rotatable bonds is 6. The third kappa shape index (κ3) is 5.44. The van der Waals surface area contributed by atoms with E-state index in [0.29, 0.717) is 22.9 Å². The average Bonchev–Trinajstić information content (AvgIpc) is 2.53. The Labute approximate surface area is 144 Å². The van der Waals surface area contributed by atoms with Crippen LogP contribution in [0.5, 0.6) is 5.75 Å². The Balaban J connectivity index is 2.11. The summed E-state index contributed by atoms with van der Waals surface area (Å²) in [6, 6.07) is 14.2. The summed E-state index contributed by atoms with van der Waals surface area (Å²) in [5.74, 6) is -1.07. The molecule has 24 heavy (non-hydrogen) atoms. The third-order valence-corrected chi connectivity index (χ3v) is 3.28. The monoisotopic (exact) mass is 345 g/mol. The first-order chi connectivity index (χ1) is 11.4. The van der Waals surface area contributed by atoms with Crippen LogP contribution in [0.3, 0.4) is 0 Å². The molecule has 0 aliphatic rings. The molecule has 0 heterocycles. The van der Waals surface area contributed by atoms with Gasteiger partial charge >= 0.3 is 5.97 Å². The number of hydrogen-bond acceptors (Lipinski definition) is 3. The summed E-state index contributed by atoms with van der Waals surface area (Å²) in [7, 11) is 0. The van der Waals surface area contributed by atoms with E-state index >= 15 is 0 Å². The summed E-state index contributed by atoms with van der Waals surface area (Å²) in [4.78, 5) is 22.2. The van der Waals surface area contributed by atoms with E-state index in [2.05, 4.69) is 5.32 Å². The number of benzene rings is 2. The normalized spacial score (nSPS) is 11.0. The molecular formula is C18H16ClNO4. The van der Waals surface area contributed by atoms with E-state index in [-0.39, 0.29) is 5.70 Å². The van der Waals surface area contributed by atoms with Gasteiger partial charge in [-0.25, -0.2) is 4.79 Å². The molecular weight excluding hydrogens is 330 g/mol. The molecule has 6 heteroatoms. The lowest BCUT2D eigenvalue weighted by molar-refractivity contribution is -0.134. The first-order valence-electron chi connectivity index (χ1n) is 7.14. The molecule has 5 nitrogen and oxygen atoms in total. The van der Waals surface area contributed by atoms with E-state index in [0.717, 1.165) is 5.56 Å². The molecule has 0 fully saturated rings. The first-order valence-corrected chi connectivity index (χ1v) is 7.52. The van der Waals surface area contributed by atoms with Crippen molar-refractivity contribution < 1.29 is 19.4 Å². The van der Waals surface area contributed by atoms with Gasteiger partial charge in [-0.15, -0.1) is 0 Å². The van der Waals surface area contributed by atoms with Gasteiger partial charge in [0.2, 0.25) is 5.91 Å². The lowest BCUT2D eigenvalue weighted by Crippen LogP contribution is -2.24. The number of hydrogen-bond donors (Lipinski definition) is 2. The molecule has 2 rings (SSSR count). The third-order valence-electron chi connectivity index (χ3n) is 3.03. The minimum atomic E-state index is -1.21. The minimum absolute atomic E-state index is 0.197. The Hall–Kier alpha value is -2.79. The molecule has 0 atom stereocenters. The van der Waals surface area contributed by atoms with Crippen LogP contribution in [-0.2, 0) is 16.2 Å². The lowest BCUT2D eigenvalue weighted by Gasteiger charge is -2.08. The molecule has 0 radical (unpaired) electrons. The van der Waals surface area contributed by atoms with Gasteiger partial charge in [0.05, 0.1) is 0 Å². The lowest BCUT2D eigenvalue weighted by atomic mass is 10.1. The SMILES string of the molecule is CC(=O)N/C(=C/c1cccc(OCc2ccc(Cl)cc2)c1)C(=O)O. The summed E-state index contributed by atoms with van der Waals surface area (Å²) in [5.41, 5.74) is 1.37. The van der Waals surface area contributed by atoms with Gasteiger partial charge in [0.15, 0.2) is 0 Å². The molecule has 1 amide bonds. The molecule has 0 saturated heterocycles. The summed E-state index contributed by atoms with van der Waals surface area (Å²) in [6.45, 7) is 1.62. The van der Waals surface area contributed by atoms with Crippen LogP contribution in [0.2, 0.25) is 5.02 Å². The van der Waals surface area contributed by atoms with Crippen molar-refractivity contribution in [2.24, 2.45) is 0 Å². The molecule has 2 aromatic carbocycles. The van der Waals surface area contributed by atoms with Crippen molar-refractivity contribution in [3.05, 3.63) is 70.4 Å². The maximum Gasteiger partial charge on any atom is 0.352 e. The summed E-state index contributed by atoms with van der Waals surface area (Å²) < 4.78 is 5.69. The minimum Gasteiger partial charge on any atom is -0.489 e. The van der Waals surface area contributed by atoms with E-state index in [1.165, 1.54) is 13.0 Å². The van der Waals surface area contributed by atoms with Crippen molar-refractivity contribution in [2.75, 3.05) is 0 Å². The second-order valence-electron chi connectivity index (χ2n) is 5.03. The van der Waals surface area contributed by atoms with Crippen LogP contribution in [0, 0.1) is 0 Å². The molecule has 0 aliphatic heterocycles. The van der Waals surface area contributed by atoms with Crippen molar-refractivity contribution in [1.82, 2.24) is 5.32 Å². The Morgan fingerprint density at radius 1 is 1.21 bits per heavy atom. The quantitative estimate of drug-likeness (QED) is 0.786. The van der Waals surface area contributed by atoms with Gasteiger partial charge in [-0.05, 0) is 41.5 Å². The van der Waals surface area contributed by atoms with Crippen LogP contribution < -0.4 is 10.1 Å². The zero-order chi connectivity index (χ0) is 17.5. The van der Waals surface area contributed by atoms with Crippen molar-refractivity contribution in [3.8, 4) is 5.75 Å². The van der Waals surface area contributed by atoms with Crippen LogP contribution in [0.1, 0.15) is 18.1 Å². The van der Waals surface area contributed by atoms with Gasteiger partial charge in [0.25, 0.3) is 0 Å². The summed E-state index contributed by atoms with van der Waals surface area (Å²) in [6.07, 6.45) is 1.37. The molecule has 2 N–H and O–H groups in total. The zero-order valence-electron chi connectivity index (χ0n) is 13.0. The highest BCUT2D eigenvalue weighted by atomic mass is 35.5. The van der Waals surface area contributed by atoms with Crippen molar-refractivity contribution in [3.63, 3.8) is 0 Å². The number of carbonyl (C=O) groups excluding carboxylic acids is 1. The highest BCUT2D eigenvalue weighted by molar-refractivity contribution is 6.30. The van der Waals surface area contributed by atoms with Gasteiger partial charge in [-0.2, -0.15) is 0 Å². The van der Waals surface area contributed by atoms with Crippen LogP contribution >= 0.6 is 11.6 Å². The number of halogens is 1. The predicted molar refractivity (Wildman–Crippen MR) is 91.7 cm³/mol. The molecule has 124 valence electrons. The van der Waals surface area contributed by atoms with Crippen molar-refractivity contribution >= 4 is 29.6 Å². The smallest absolute Gasteiger partial charge is 0.352 e. The fourth-order valence-electron chi connectivity index (χ4n) is 1.95. The van der Waals surface area contributed by atoms with E-state index in [9.17, 15) is 9.59 Å². The second-order valence-corrected chi connectivity index (χ2v) is 5.47. The second kappa shape index (κ2) is 8.17. The fraction of sp³-hybridized carbons (Fsp3) is 0.111. The standard InChI is InChI=1S/C18H16ClNO4/c1-12(21)20-17(18(22)23)10-14-3-2-4-16(9-14)24-11-13-5-7-15(19)8-6-13/h2-10H,11H2,1H3,(H,20,21)(H,22,23)/b17-10+. The van der Waals surface area contributed by atoms with Gasteiger partial charge < -0.3 is 15.2 Å². The maximum absolute atomic E-state index is 11.1. The molecule has 2 aromatic rings. The number of nitrogens with one attached hydrogen (secondary N) is 1. The molecule has 0 bridgehead atoms. The maximum atomic E-state index is 11.1. The van der Waals surface area contributed by atoms with Crippen LogP contribution in [0.25, 0.3) is 6.08 Å².